The van der Waals surface area contributed by atoms with Crippen molar-refractivity contribution in [3.63, 3.8) is 0 Å². The summed E-state index contributed by atoms with van der Waals surface area (Å²) in [5, 5.41) is 7.00. The molecule has 2 saturated heterocycles. The zero-order chi connectivity index (χ0) is 12.7. The Morgan fingerprint density at radius 2 is 1.75 bits per heavy atom. The van der Waals surface area contributed by atoms with Crippen molar-refractivity contribution in [3.8, 4) is 0 Å². The van der Waals surface area contributed by atoms with E-state index in [2.05, 4.69) is 25.8 Å². The van der Waals surface area contributed by atoms with Gasteiger partial charge in [0, 0.05) is 13.7 Å². The van der Waals surface area contributed by atoms with E-state index in [1.807, 2.05) is 13.8 Å². The number of ether oxygens (including phenoxy) is 2. The maximum Gasteiger partial charge on any atom is 0.108 e. The summed E-state index contributed by atoms with van der Waals surface area (Å²) < 4.78 is 11.4. The standard InChI is InChI=1S/C9H17NO2.C2H6.CH4O/c1-6-9-8(4-5-11-6)12-7(2)10(9)3;2*1-2/h6-9H,4-5H2,1-3H3;1-2H3;2H,1H3. The van der Waals surface area contributed by atoms with Crippen LogP contribution in [0.2, 0.25) is 0 Å². The first-order valence-electron chi connectivity index (χ1n) is 6.14. The monoisotopic (exact) mass is 233 g/mol. The van der Waals surface area contributed by atoms with Crippen LogP contribution in [0.1, 0.15) is 34.1 Å². The maximum atomic E-state index is 7.00. The Morgan fingerprint density at radius 3 is 2.25 bits per heavy atom. The van der Waals surface area contributed by atoms with Crippen LogP contribution in [-0.2, 0) is 9.47 Å². The summed E-state index contributed by atoms with van der Waals surface area (Å²) in [6, 6.07) is 0.466. The molecule has 4 atom stereocenters. The minimum absolute atomic E-state index is 0.254. The molecule has 2 rings (SSSR count). The molecule has 0 bridgehead atoms. The van der Waals surface area contributed by atoms with Crippen molar-refractivity contribution in [2.24, 2.45) is 0 Å². The SMILES string of the molecule is CC.CC1OCCC2OC(C)N(C)C12.CO. The molecule has 4 heteroatoms. The molecule has 0 aromatic heterocycles. The highest BCUT2D eigenvalue weighted by atomic mass is 16.5. The molecule has 0 saturated carbocycles. The van der Waals surface area contributed by atoms with Gasteiger partial charge in [-0.3, -0.25) is 4.90 Å². The Hall–Kier alpha value is -0.160. The molecule has 0 aromatic rings. The summed E-state index contributed by atoms with van der Waals surface area (Å²) in [5.41, 5.74) is 0. The van der Waals surface area contributed by atoms with Crippen LogP contribution in [0, 0.1) is 0 Å². The minimum Gasteiger partial charge on any atom is -0.400 e. The number of fused-ring (bicyclic) bond motifs is 1. The van der Waals surface area contributed by atoms with Crippen LogP contribution < -0.4 is 0 Å². The van der Waals surface area contributed by atoms with E-state index in [1.54, 1.807) is 0 Å². The van der Waals surface area contributed by atoms with Crippen molar-refractivity contribution in [2.75, 3.05) is 20.8 Å². The molecular formula is C12H27NO3. The summed E-state index contributed by atoms with van der Waals surface area (Å²) >= 11 is 0. The molecule has 16 heavy (non-hydrogen) atoms. The molecule has 1 N–H and O–H groups in total. The van der Waals surface area contributed by atoms with E-state index in [4.69, 9.17) is 14.6 Å². The van der Waals surface area contributed by atoms with Crippen molar-refractivity contribution in [2.45, 2.75) is 58.6 Å². The van der Waals surface area contributed by atoms with E-state index in [9.17, 15) is 0 Å². The molecule has 0 radical (unpaired) electrons. The van der Waals surface area contributed by atoms with Gasteiger partial charge in [-0.1, -0.05) is 13.8 Å². The van der Waals surface area contributed by atoms with E-state index in [1.165, 1.54) is 0 Å². The van der Waals surface area contributed by atoms with Crippen molar-refractivity contribution in [3.05, 3.63) is 0 Å². The van der Waals surface area contributed by atoms with Gasteiger partial charge >= 0.3 is 0 Å². The molecule has 2 fully saturated rings. The Morgan fingerprint density at radius 1 is 1.19 bits per heavy atom. The third kappa shape index (κ3) is 3.42. The van der Waals surface area contributed by atoms with Crippen LogP contribution in [0.4, 0.5) is 0 Å². The number of aliphatic hydroxyl groups is 1. The second kappa shape index (κ2) is 8.01. The number of aliphatic hydroxyl groups excluding tert-OH is 1. The predicted octanol–water partition coefficient (Wildman–Crippen LogP) is 1.48. The zero-order valence-electron chi connectivity index (χ0n) is 11.4. The zero-order valence-corrected chi connectivity index (χ0v) is 11.4. The molecular weight excluding hydrogens is 206 g/mol. The lowest BCUT2D eigenvalue weighted by molar-refractivity contribution is -0.0526. The van der Waals surface area contributed by atoms with Crippen molar-refractivity contribution in [1.82, 2.24) is 4.90 Å². The van der Waals surface area contributed by atoms with Gasteiger partial charge in [0.15, 0.2) is 0 Å². The van der Waals surface area contributed by atoms with E-state index < -0.39 is 0 Å². The molecule has 4 unspecified atom stereocenters. The molecule has 0 amide bonds. The third-order valence-electron chi connectivity index (χ3n) is 3.06. The van der Waals surface area contributed by atoms with Gasteiger partial charge in [0.1, 0.15) is 6.23 Å². The largest absolute Gasteiger partial charge is 0.400 e. The van der Waals surface area contributed by atoms with Gasteiger partial charge in [0.2, 0.25) is 0 Å². The molecule has 2 heterocycles. The maximum absolute atomic E-state index is 7.00. The summed E-state index contributed by atoms with van der Waals surface area (Å²) in [7, 11) is 3.11. The fourth-order valence-corrected chi connectivity index (χ4v) is 2.28. The van der Waals surface area contributed by atoms with E-state index in [0.717, 1.165) is 20.1 Å². The fraction of sp³-hybridized carbons (Fsp3) is 1.00. The van der Waals surface area contributed by atoms with Gasteiger partial charge in [0.25, 0.3) is 0 Å². The van der Waals surface area contributed by atoms with Crippen LogP contribution in [-0.4, -0.2) is 55.2 Å². The predicted molar refractivity (Wildman–Crippen MR) is 65.4 cm³/mol. The second-order valence-electron chi connectivity index (χ2n) is 3.79. The highest BCUT2D eigenvalue weighted by Crippen LogP contribution is 2.30. The van der Waals surface area contributed by atoms with Crippen molar-refractivity contribution < 1.29 is 14.6 Å². The Bertz CT molecular complexity index is 178. The van der Waals surface area contributed by atoms with Gasteiger partial charge in [0.05, 0.1) is 18.2 Å². The Kier molecular flexibility index (Phi) is 7.93. The summed E-state index contributed by atoms with van der Waals surface area (Å²) in [6.07, 6.45) is 2.01. The van der Waals surface area contributed by atoms with E-state index in [0.29, 0.717) is 18.2 Å². The number of hydrogen-bond donors (Lipinski definition) is 1. The third-order valence-corrected chi connectivity index (χ3v) is 3.06. The number of nitrogens with zero attached hydrogens (tertiary/aromatic N) is 1. The lowest BCUT2D eigenvalue weighted by atomic mass is 10.0. The molecule has 4 nitrogen and oxygen atoms in total. The second-order valence-corrected chi connectivity index (χ2v) is 3.79. The van der Waals surface area contributed by atoms with Gasteiger partial charge < -0.3 is 14.6 Å². The lowest BCUT2D eigenvalue weighted by Gasteiger charge is -2.33. The first-order chi connectivity index (χ1) is 7.70. The quantitative estimate of drug-likeness (QED) is 0.688. The fourth-order valence-electron chi connectivity index (χ4n) is 2.28. The average molecular weight is 233 g/mol. The van der Waals surface area contributed by atoms with Gasteiger partial charge in [-0.25, -0.2) is 0 Å². The Balaban J connectivity index is 0.000000509. The van der Waals surface area contributed by atoms with Crippen LogP contribution in [0.3, 0.4) is 0 Å². The number of likely N-dealkylation sites (N-methyl/N-ethyl adjacent to an activating group) is 1. The summed E-state index contributed by atoms with van der Waals surface area (Å²) in [6.45, 7) is 9.09. The van der Waals surface area contributed by atoms with Crippen molar-refractivity contribution in [1.29, 1.82) is 0 Å². The number of hydrogen-bond acceptors (Lipinski definition) is 4. The first-order valence-corrected chi connectivity index (χ1v) is 6.14. The normalized spacial score (nSPS) is 37.7. The Labute approximate surface area is 99.5 Å². The van der Waals surface area contributed by atoms with Crippen LogP contribution >= 0.6 is 0 Å². The van der Waals surface area contributed by atoms with Gasteiger partial charge in [-0.15, -0.1) is 0 Å². The highest BCUT2D eigenvalue weighted by molar-refractivity contribution is 4.92. The lowest BCUT2D eigenvalue weighted by Crippen LogP contribution is -2.47. The molecule has 0 spiro atoms. The first kappa shape index (κ1) is 15.8. The topological polar surface area (TPSA) is 41.9 Å². The van der Waals surface area contributed by atoms with E-state index >= 15 is 0 Å². The highest BCUT2D eigenvalue weighted by Gasteiger charge is 2.43. The molecule has 98 valence electrons. The molecule has 2 aliphatic rings. The van der Waals surface area contributed by atoms with Gasteiger partial charge in [-0.05, 0) is 27.3 Å². The van der Waals surface area contributed by atoms with E-state index in [-0.39, 0.29) is 6.23 Å². The summed E-state index contributed by atoms with van der Waals surface area (Å²) in [4.78, 5) is 2.27. The molecule has 0 aromatic carbocycles. The van der Waals surface area contributed by atoms with Gasteiger partial charge in [-0.2, -0.15) is 0 Å². The molecule has 2 aliphatic heterocycles. The minimum atomic E-state index is 0.254. The van der Waals surface area contributed by atoms with Crippen LogP contribution in [0.25, 0.3) is 0 Å². The number of rotatable bonds is 0. The summed E-state index contributed by atoms with van der Waals surface area (Å²) in [5.74, 6) is 0. The van der Waals surface area contributed by atoms with Crippen LogP contribution in [0.5, 0.6) is 0 Å². The average Bonchev–Trinajstić information content (AvgIpc) is 2.62. The van der Waals surface area contributed by atoms with Crippen LogP contribution in [0.15, 0.2) is 0 Å². The van der Waals surface area contributed by atoms with Crippen molar-refractivity contribution >= 4 is 0 Å². The smallest absolute Gasteiger partial charge is 0.108 e. The molecule has 0 aliphatic carbocycles.